The van der Waals surface area contributed by atoms with Crippen molar-refractivity contribution < 1.29 is 4.39 Å². The van der Waals surface area contributed by atoms with Gasteiger partial charge in [0.15, 0.2) is 11.6 Å². The Hall–Kier alpha value is -1.69. The Kier molecular flexibility index (Phi) is 4.89. The van der Waals surface area contributed by atoms with Crippen LogP contribution in [-0.2, 0) is 0 Å². The smallest absolute Gasteiger partial charge is 0.224 e. The van der Waals surface area contributed by atoms with E-state index in [1.807, 2.05) is 13.0 Å². The zero-order chi connectivity index (χ0) is 14.5. The first kappa shape index (κ1) is 14.7. The van der Waals surface area contributed by atoms with Crippen LogP contribution in [0.4, 0.5) is 16.2 Å². The van der Waals surface area contributed by atoms with Gasteiger partial charge < -0.3 is 10.6 Å². The number of anilines is 2. The minimum absolute atomic E-state index is 0.0112. The Morgan fingerprint density at radius 1 is 1.40 bits per heavy atom. The summed E-state index contributed by atoms with van der Waals surface area (Å²) in [6, 6.07) is 4.12. The minimum atomic E-state index is -0.438. The van der Waals surface area contributed by atoms with Crippen LogP contribution in [0, 0.1) is 12.7 Å². The van der Waals surface area contributed by atoms with Gasteiger partial charge in [-0.05, 0) is 32.4 Å². The molecule has 0 aromatic carbocycles. The van der Waals surface area contributed by atoms with Gasteiger partial charge in [-0.15, -0.1) is 11.3 Å². The maximum absolute atomic E-state index is 13.8. The van der Waals surface area contributed by atoms with Crippen molar-refractivity contribution in [1.29, 1.82) is 0 Å². The molecule has 2 heterocycles. The molecule has 2 rings (SSSR count). The maximum atomic E-state index is 13.8. The van der Waals surface area contributed by atoms with Crippen LogP contribution in [0.2, 0.25) is 0 Å². The van der Waals surface area contributed by atoms with E-state index in [0.29, 0.717) is 5.95 Å². The first-order valence-electron chi connectivity index (χ1n) is 6.69. The van der Waals surface area contributed by atoms with E-state index in [-0.39, 0.29) is 11.9 Å². The van der Waals surface area contributed by atoms with Gasteiger partial charge in [-0.25, -0.2) is 9.37 Å². The van der Waals surface area contributed by atoms with Crippen LogP contribution in [-0.4, -0.2) is 16.5 Å². The molecule has 1 unspecified atom stereocenters. The second-order valence-corrected chi connectivity index (χ2v) is 5.95. The van der Waals surface area contributed by atoms with Crippen LogP contribution in [0.3, 0.4) is 0 Å². The van der Waals surface area contributed by atoms with Gasteiger partial charge in [0.25, 0.3) is 0 Å². The van der Waals surface area contributed by atoms with Gasteiger partial charge in [0, 0.05) is 16.3 Å². The van der Waals surface area contributed by atoms with E-state index in [1.54, 1.807) is 11.3 Å². The molecule has 108 valence electrons. The lowest BCUT2D eigenvalue weighted by Crippen LogP contribution is -2.11. The predicted octanol–water partition coefficient (Wildman–Crippen LogP) is 3.98. The van der Waals surface area contributed by atoms with Gasteiger partial charge in [-0.1, -0.05) is 6.92 Å². The van der Waals surface area contributed by atoms with Gasteiger partial charge in [-0.2, -0.15) is 4.98 Å². The molecule has 0 aliphatic heterocycles. The Bertz CT molecular complexity index is 570. The van der Waals surface area contributed by atoms with Crippen molar-refractivity contribution in [3.63, 3.8) is 0 Å². The highest BCUT2D eigenvalue weighted by molar-refractivity contribution is 7.12. The summed E-state index contributed by atoms with van der Waals surface area (Å²) in [5, 5.41) is 6.15. The average Bonchev–Trinajstić information content (AvgIpc) is 2.86. The molecular formula is C14H19FN4S. The van der Waals surface area contributed by atoms with Crippen molar-refractivity contribution in [1.82, 2.24) is 9.97 Å². The summed E-state index contributed by atoms with van der Waals surface area (Å²) >= 11 is 1.70. The molecule has 6 heteroatoms. The van der Waals surface area contributed by atoms with Gasteiger partial charge in [-0.3, -0.25) is 0 Å². The molecule has 2 aromatic rings. The van der Waals surface area contributed by atoms with Crippen molar-refractivity contribution in [2.45, 2.75) is 33.2 Å². The molecule has 0 radical (unpaired) electrons. The Morgan fingerprint density at radius 3 is 2.85 bits per heavy atom. The summed E-state index contributed by atoms with van der Waals surface area (Å²) in [4.78, 5) is 10.5. The summed E-state index contributed by atoms with van der Waals surface area (Å²) in [5.74, 6) is 0.245. The fourth-order valence-corrected chi connectivity index (χ4v) is 2.63. The molecule has 4 nitrogen and oxygen atoms in total. The lowest BCUT2D eigenvalue weighted by atomic mass is 10.2. The molecule has 1 atom stereocenters. The van der Waals surface area contributed by atoms with Crippen LogP contribution in [0.25, 0.3) is 0 Å². The first-order valence-corrected chi connectivity index (χ1v) is 7.51. The summed E-state index contributed by atoms with van der Waals surface area (Å²) in [6.45, 7) is 6.87. The number of rotatable bonds is 6. The highest BCUT2D eigenvalue weighted by atomic mass is 32.1. The normalized spacial score (nSPS) is 12.2. The molecule has 0 amide bonds. The van der Waals surface area contributed by atoms with Crippen LogP contribution >= 0.6 is 11.3 Å². The van der Waals surface area contributed by atoms with Crippen molar-refractivity contribution in [3.8, 4) is 0 Å². The van der Waals surface area contributed by atoms with Gasteiger partial charge in [0.1, 0.15) is 0 Å². The third kappa shape index (κ3) is 3.66. The molecular weight excluding hydrogens is 275 g/mol. The Labute approximate surface area is 122 Å². The number of nitrogens with one attached hydrogen (secondary N) is 2. The summed E-state index contributed by atoms with van der Waals surface area (Å²) in [5.41, 5.74) is 0. The average molecular weight is 294 g/mol. The number of hydrogen-bond donors (Lipinski definition) is 2. The molecule has 0 aliphatic carbocycles. The zero-order valence-electron chi connectivity index (χ0n) is 11.9. The van der Waals surface area contributed by atoms with Crippen LogP contribution < -0.4 is 10.6 Å². The molecule has 0 aliphatic rings. The lowest BCUT2D eigenvalue weighted by Gasteiger charge is -2.14. The Morgan fingerprint density at radius 2 is 2.20 bits per heavy atom. The molecule has 0 fully saturated rings. The molecule has 0 bridgehead atoms. The fraction of sp³-hybridized carbons (Fsp3) is 0.429. The molecule has 0 spiro atoms. The standard InChI is InChI=1S/C14H19FN4S/c1-4-7-16-14-17-8-11(15)13(19-14)18-10(3)12-6-5-9(2)20-12/h5-6,8,10H,4,7H2,1-3H3,(H2,16,17,18,19). The quantitative estimate of drug-likeness (QED) is 0.846. The minimum Gasteiger partial charge on any atom is -0.360 e. The first-order chi connectivity index (χ1) is 9.60. The number of aromatic nitrogens is 2. The summed E-state index contributed by atoms with van der Waals surface area (Å²) in [7, 11) is 0. The molecule has 20 heavy (non-hydrogen) atoms. The van der Waals surface area contributed by atoms with E-state index in [0.717, 1.165) is 17.8 Å². The second kappa shape index (κ2) is 6.65. The third-order valence-corrected chi connectivity index (χ3v) is 4.00. The lowest BCUT2D eigenvalue weighted by molar-refractivity contribution is 0.614. The van der Waals surface area contributed by atoms with E-state index >= 15 is 0 Å². The summed E-state index contributed by atoms with van der Waals surface area (Å²) < 4.78 is 13.8. The van der Waals surface area contributed by atoms with E-state index in [4.69, 9.17) is 0 Å². The fourth-order valence-electron chi connectivity index (χ4n) is 1.75. The van der Waals surface area contributed by atoms with Crippen LogP contribution in [0.15, 0.2) is 18.3 Å². The molecule has 2 N–H and O–H groups in total. The van der Waals surface area contributed by atoms with E-state index < -0.39 is 5.82 Å². The van der Waals surface area contributed by atoms with Crippen LogP contribution in [0.1, 0.15) is 36.1 Å². The largest absolute Gasteiger partial charge is 0.360 e. The van der Waals surface area contributed by atoms with E-state index in [1.165, 1.54) is 11.1 Å². The second-order valence-electron chi connectivity index (χ2n) is 4.63. The number of halogens is 1. The van der Waals surface area contributed by atoms with Gasteiger partial charge >= 0.3 is 0 Å². The van der Waals surface area contributed by atoms with E-state index in [2.05, 4.69) is 40.5 Å². The zero-order valence-corrected chi connectivity index (χ0v) is 12.7. The van der Waals surface area contributed by atoms with Crippen molar-refractivity contribution in [2.75, 3.05) is 17.2 Å². The number of hydrogen-bond acceptors (Lipinski definition) is 5. The van der Waals surface area contributed by atoms with Crippen molar-refractivity contribution in [2.24, 2.45) is 0 Å². The third-order valence-electron chi connectivity index (χ3n) is 2.82. The molecule has 0 saturated carbocycles. The number of aryl methyl sites for hydroxylation is 1. The topological polar surface area (TPSA) is 49.8 Å². The SMILES string of the molecule is CCCNc1ncc(F)c(NC(C)c2ccc(C)s2)n1. The number of thiophene rings is 1. The highest BCUT2D eigenvalue weighted by Gasteiger charge is 2.12. The molecule has 2 aromatic heterocycles. The molecule has 0 saturated heterocycles. The van der Waals surface area contributed by atoms with Crippen molar-refractivity contribution >= 4 is 23.1 Å². The Balaban J connectivity index is 2.11. The van der Waals surface area contributed by atoms with Gasteiger partial charge in [0.2, 0.25) is 5.95 Å². The summed E-state index contributed by atoms with van der Waals surface area (Å²) in [6.07, 6.45) is 2.16. The van der Waals surface area contributed by atoms with Crippen molar-refractivity contribution in [3.05, 3.63) is 33.9 Å². The van der Waals surface area contributed by atoms with Gasteiger partial charge in [0.05, 0.1) is 12.2 Å². The monoisotopic (exact) mass is 294 g/mol. The number of nitrogens with zero attached hydrogens (tertiary/aromatic N) is 2. The highest BCUT2D eigenvalue weighted by Crippen LogP contribution is 2.26. The maximum Gasteiger partial charge on any atom is 0.224 e. The van der Waals surface area contributed by atoms with Crippen LogP contribution in [0.5, 0.6) is 0 Å². The van der Waals surface area contributed by atoms with E-state index in [9.17, 15) is 4.39 Å². The predicted molar refractivity (Wildman–Crippen MR) is 81.9 cm³/mol.